The molecule has 100 valence electrons. The number of aromatic nitrogens is 2. The summed E-state index contributed by atoms with van der Waals surface area (Å²) in [5, 5.41) is 18.3. The first-order valence-electron chi connectivity index (χ1n) is 5.09. The van der Waals surface area contributed by atoms with E-state index in [2.05, 4.69) is 29.4 Å². The Labute approximate surface area is 119 Å². The molecular formula is C10H14N2O3S3. The minimum absolute atomic E-state index is 0.0447. The average Bonchev–Trinajstić information content (AvgIpc) is 2.81. The number of carbonyl (C=O) groups is 1. The second kappa shape index (κ2) is 7.78. The van der Waals surface area contributed by atoms with Crippen LogP contribution in [0, 0.1) is 0 Å². The first-order valence-corrected chi connectivity index (χ1v) is 7.53. The van der Waals surface area contributed by atoms with Crippen LogP contribution in [0.2, 0.25) is 0 Å². The van der Waals surface area contributed by atoms with Crippen molar-refractivity contribution in [2.24, 2.45) is 0 Å². The number of hydrogen-bond acceptors (Lipinski definition) is 8. The number of nitrogens with zero attached hydrogens (tertiary/aromatic N) is 2. The molecule has 0 saturated carbocycles. The zero-order valence-corrected chi connectivity index (χ0v) is 12.4. The summed E-state index contributed by atoms with van der Waals surface area (Å²) >= 11 is 6.90. The Morgan fingerprint density at radius 1 is 1.67 bits per heavy atom. The first kappa shape index (κ1) is 15.5. The smallest absolute Gasteiger partial charge is 0.333 e. The summed E-state index contributed by atoms with van der Waals surface area (Å²) in [6, 6.07) is 0. The number of rotatable bonds is 7. The van der Waals surface area contributed by atoms with Crippen molar-refractivity contribution < 1.29 is 14.6 Å². The number of esters is 1. The minimum Gasteiger partial charge on any atom is -0.460 e. The molecule has 1 N–H and O–H groups in total. The predicted molar refractivity (Wildman–Crippen MR) is 75.1 cm³/mol. The van der Waals surface area contributed by atoms with Crippen molar-refractivity contribution in [2.45, 2.75) is 23.1 Å². The highest BCUT2D eigenvalue weighted by molar-refractivity contribution is 8.01. The highest BCUT2D eigenvalue weighted by Gasteiger charge is 2.11. The van der Waals surface area contributed by atoms with Gasteiger partial charge in [0.1, 0.15) is 11.6 Å². The largest absolute Gasteiger partial charge is 0.460 e. The Balaban J connectivity index is 2.26. The summed E-state index contributed by atoms with van der Waals surface area (Å²) < 4.78 is 5.60. The molecule has 0 aliphatic carbocycles. The second-order valence-corrected chi connectivity index (χ2v) is 6.11. The highest BCUT2D eigenvalue weighted by atomic mass is 32.2. The summed E-state index contributed by atoms with van der Waals surface area (Å²) in [6.07, 6.45) is -0.735. The van der Waals surface area contributed by atoms with Gasteiger partial charge in [-0.15, -0.1) is 10.2 Å². The topological polar surface area (TPSA) is 72.3 Å². The maximum atomic E-state index is 11.1. The van der Waals surface area contributed by atoms with E-state index in [1.54, 1.807) is 6.92 Å². The fraction of sp³-hybridized carbons (Fsp3) is 0.500. The van der Waals surface area contributed by atoms with Crippen LogP contribution < -0.4 is 0 Å². The molecule has 8 heteroatoms. The number of ether oxygens (including phenoxy) is 1. The zero-order chi connectivity index (χ0) is 13.5. The molecule has 0 saturated heterocycles. The van der Waals surface area contributed by atoms with Crippen LogP contribution in [0.15, 0.2) is 16.5 Å². The number of hydrogen-bond donors (Lipinski definition) is 2. The standard InChI is InChI=1S/C10H14N2O3S3/c1-6(2)9(14)15-3-7(13)5-17-10-12-11-8(4-16)18-10/h7,13,16H,1,3-5H2,2H3. The maximum absolute atomic E-state index is 11.1. The summed E-state index contributed by atoms with van der Waals surface area (Å²) in [5.41, 5.74) is 0.317. The summed E-state index contributed by atoms with van der Waals surface area (Å²) in [5.74, 6) is 0.453. The monoisotopic (exact) mass is 306 g/mol. The second-order valence-electron chi connectivity index (χ2n) is 3.46. The van der Waals surface area contributed by atoms with Crippen molar-refractivity contribution in [3.8, 4) is 0 Å². The van der Waals surface area contributed by atoms with Crippen LogP contribution in [0.1, 0.15) is 11.9 Å². The van der Waals surface area contributed by atoms with Crippen molar-refractivity contribution in [1.29, 1.82) is 0 Å². The summed E-state index contributed by atoms with van der Waals surface area (Å²) in [7, 11) is 0. The Morgan fingerprint density at radius 2 is 2.39 bits per heavy atom. The molecule has 1 aromatic heterocycles. The van der Waals surface area contributed by atoms with Gasteiger partial charge in [-0.2, -0.15) is 12.6 Å². The summed E-state index contributed by atoms with van der Waals surface area (Å²) in [6.45, 7) is 4.97. The molecule has 0 radical (unpaired) electrons. The first-order chi connectivity index (χ1) is 8.52. The van der Waals surface area contributed by atoms with Crippen LogP contribution in [0.25, 0.3) is 0 Å². The van der Waals surface area contributed by atoms with E-state index in [0.29, 0.717) is 17.1 Å². The summed E-state index contributed by atoms with van der Waals surface area (Å²) in [4.78, 5) is 11.1. The Bertz CT molecular complexity index is 422. The molecule has 5 nitrogen and oxygen atoms in total. The number of thioether (sulfide) groups is 1. The van der Waals surface area contributed by atoms with Crippen molar-refractivity contribution >= 4 is 41.7 Å². The van der Waals surface area contributed by atoms with Crippen molar-refractivity contribution in [3.63, 3.8) is 0 Å². The van der Waals surface area contributed by atoms with Crippen LogP contribution in [0.5, 0.6) is 0 Å². The van der Waals surface area contributed by atoms with Gasteiger partial charge in [-0.1, -0.05) is 29.7 Å². The van der Waals surface area contributed by atoms with E-state index in [4.69, 9.17) is 4.74 Å². The molecule has 0 aromatic carbocycles. The third kappa shape index (κ3) is 5.38. The molecule has 0 spiro atoms. The molecule has 0 fully saturated rings. The van der Waals surface area contributed by atoms with Gasteiger partial charge in [0, 0.05) is 17.1 Å². The van der Waals surface area contributed by atoms with Gasteiger partial charge in [-0.05, 0) is 6.92 Å². The van der Waals surface area contributed by atoms with E-state index in [-0.39, 0.29) is 6.61 Å². The zero-order valence-electron chi connectivity index (χ0n) is 9.83. The molecule has 0 bridgehead atoms. The molecular weight excluding hydrogens is 292 g/mol. The van der Waals surface area contributed by atoms with Crippen molar-refractivity contribution in [2.75, 3.05) is 12.4 Å². The quantitative estimate of drug-likeness (QED) is 0.345. The van der Waals surface area contributed by atoms with Gasteiger partial charge in [0.15, 0.2) is 4.34 Å². The molecule has 1 unspecified atom stereocenters. The third-order valence-corrected chi connectivity index (χ3v) is 4.45. The van der Waals surface area contributed by atoms with E-state index in [1.165, 1.54) is 23.1 Å². The van der Waals surface area contributed by atoms with Gasteiger partial charge in [0.05, 0.1) is 6.10 Å². The van der Waals surface area contributed by atoms with E-state index in [9.17, 15) is 9.90 Å². The van der Waals surface area contributed by atoms with E-state index < -0.39 is 12.1 Å². The maximum Gasteiger partial charge on any atom is 0.333 e. The van der Waals surface area contributed by atoms with Crippen LogP contribution in [0.3, 0.4) is 0 Å². The lowest BCUT2D eigenvalue weighted by Gasteiger charge is -2.09. The minimum atomic E-state index is -0.735. The molecule has 0 aliphatic rings. The van der Waals surface area contributed by atoms with Gasteiger partial charge >= 0.3 is 5.97 Å². The number of carbonyl (C=O) groups excluding carboxylic acids is 1. The predicted octanol–water partition coefficient (Wildman–Crippen LogP) is 1.54. The normalized spacial score (nSPS) is 12.2. The lowest BCUT2D eigenvalue weighted by molar-refractivity contribution is -0.141. The van der Waals surface area contributed by atoms with Crippen LogP contribution in [-0.2, 0) is 15.3 Å². The highest BCUT2D eigenvalue weighted by Crippen LogP contribution is 2.23. The molecule has 1 heterocycles. The van der Waals surface area contributed by atoms with E-state index in [0.717, 1.165) is 9.35 Å². The van der Waals surface area contributed by atoms with Crippen LogP contribution in [0.4, 0.5) is 0 Å². The van der Waals surface area contributed by atoms with Gasteiger partial charge < -0.3 is 9.84 Å². The molecule has 0 aliphatic heterocycles. The molecule has 1 rings (SSSR count). The molecule has 1 aromatic rings. The van der Waals surface area contributed by atoms with E-state index >= 15 is 0 Å². The van der Waals surface area contributed by atoms with Gasteiger partial charge in [0.25, 0.3) is 0 Å². The fourth-order valence-electron chi connectivity index (χ4n) is 0.871. The Morgan fingerprint density at radius 3 is 2.94 bits per heavy atom. The van der Waals surface area contributed by atoms with Crippen molar-refractivity contribution in [1.82, 2.24) is 10.2 Å². The van der Waals surface area contributed by atoms with Gasteiger partial charge in [-0.3, -0.25) is 0 Å². The van der Waals surface area contributed by atoms with E-state index in [1.807, 2.05) is 0 Å². The molecule has 0 amide bonds. The lowest BCUT2D eigenvalue weighted by Crippen LogP contribution is -2.21. The average molecular weight is 306 g/mol. The van der Waals surface area contributed by atoms with Crippen LogP contribution in [-0.4, -0.2) is 39.7 Å². The van der Waals surface area contributed by atoms with Gasteiger partial charge in [0.2, 0.25) is 0 Å². The molecule has 1 atom stereocenters. The number of aliphatic hydroxyl groups is 1. The fourth-order valence-corrected chi connectivity index (χ4v) is 2.82. The van der Waals surface area contributed by atoms with Crippen LogP contribution >= 0.6 is 35.7 Å². The Kier molecular flexibility index (Phi) is 6.69. The number of aliphatic hydroxyl groups excluding tert-OH is 1. The number of thiol groups is 1. The molecule has 18 heavy (non-hydrogen) atoms. The van der Waals surface area contributed by atoms with Gasteiger partial charge in [-0.25, -0.2) is 4.79 Å². The van der Waals surface area contributed by atoms with Crippen molar-refractivity contribution in [3.05, 3.63) is 17.2 Å². The third-order valence-electron chi connectivity index (χ3n) is 1.74. The lowest BCUT2D eigenvalue weighted by atomic mass is 10.3. The SMILES string of the molecule is C=C(C)C(=O)OCC(O)CSc1nnc(CS)s1. The Hall–Kier alpha value is -0.570.